The molecule has 3 aromatic heterocycles. The van der Waals surface area contributed by atoms with Crippen molar-refractivity contribution in [3.8, 4) is 21.8 Å². The molecular weight excluding hydrogens is 378 g/mol. The number of benzene rings is 1. The van der Waals surface area contributed by atoms with Crippen molar-refractivity contribution in [2.45, 2.75) is 0 Å². The number of carbonyl (C=O) groups excluding carboxylic acids is 2. The fourth-order valence-corrected chi connectivity index (χ4v) is 3.25. The molecule has 4 aromatic rings. The Bertz CT molecular complexity index is 1210. The van der Waals surface area contributed by atoms with E-state index in [0.29, 0.717) is 16.8 Å². The van der Waals surface area contributed by atoms with Gasteiger partial charge < -0.3 is 11.1 Å². The van der Waals surface area contributed by atoms with Crippen LogP contribution in [0.15, 0.2) is 42.0 Å². The van der Waals surface area contributed by atoms with Crippen LogP contribution in [-0.4, -0.2) is 44.2 Å². The van der Waals surface area contributed by atoms with Crippen molar-refractivity contribution in [1.29, 1.82) is 0 Å². The summed E-state index contributed by atoms with van der Waals surface area (Å²) in [6.07, 6.45) is 1.26. The zero-order chi connectivity index (χ0) is 19.7. The molecule has 0 aliphatic heterocycles. The molecule has 138 valence electrons. The number of pyridine rings is 1. The van der Waals surface area contributed by atoms with E-state index in [1.54, 1.807) is 11.6 Å². The summed E-state index contributed by atoms with van der Waals surface area (Å²) in [6, 6.07) is 8.91. The summed E-state index contributed by atoms with van der Waals surface area (Å²) in [7, 11) is 1.50. The van der Waals surface area contributed by atoms with Crippen LogP contribution in [0.1, 0.15) is 20.8 Å². The van der Waals surface area contributed by atoms with Crippen molar-refractivity contribution < 1.29 is 9.59 Å². The zero-order valence-corrected chi connectivity index (χ0v) is 15.4. The maximum Gasteiger partial charge on any atom is 0.270 e. The van der Waals surface area contributed by atoms with Gasteiger partial charge in [-0.25, -0.2) is 4.98 Å². The lowest BCUT2D eigenvalue weighted by atomic mass is 10.0. The Kier molecular flexibility index (Phi) is 4.45. The molecule has 3 heterocycles. The van der Waals surface area contributed by atoms with Gasteiger partial charge in [-0.15, -0.1) is 20.4 Å². The van der Waals surface area contributed by atoms with Crippen molar-refractivity contribution in [2.24, 2.45) is 5.73 Å². The van der Waals surface area contributed by atoms with Crippen LogP contribution in [0.2, 0.25) is 0 Å². The molecule has 0 saturated heterocycles. The van der Waals surface area contributed by atoms with E-state index in [4.69, 9.17) is 5.73 Å². The summed E-state index contributed by atoms with van der Waals surface area (Å²) in [4.78, 5) is 27.9. The van der Waals surface area contributed by atoms with E-state index in [-0.39, 0.29) is 11.3 Å². The average Bonchev–Trinajstić information content (AvgIpc) is 3.26. The third-order valence-corrected chi connectivity index (χ3v) is 4.82. The summed E-state index contributed by atoms with van der Waals surface area (Å²) in [5.41, 5.74) is 9.65. The molecule has 0 aliphatic carbocycles. The minimum absolute atomic E-state index is 0.126. The van der Waals surface area contributed by atoms with Crippen LogP contribution in [0.4, 0.5) is 0 Å². The maximum atomic E-state index is 12.2. The number of rotatable bonds is 4. The minimum atomic E-state index is -0.649. The van der Waals surface area contributed by atoms with Gasteiger partial charge in [-0.05, 0) is 30.3 Å². The highest BCUT2D eigenvalue weighted by molar-refractivity contribution is 7.12. The Labute approximate surface area is 162 Å². The second-order valence-corrected chi connectivity index (χ2v) is 6.64. The van der Waals surface area contributed by atoms with E-state index in [1.165, 1.54) is 30.6 Å². The monoisotopic (exact) mass is 391 g/mol. The van der Waals surface area contributed by atoms with Crippen molar-refractivity contribution in [2.75, 3.05) is 7.05 Å². The summed E-state index contributed by atoms with van der Waals surface area (Å²) in [5, 5.41) is 20.5. The molecule has 0 saturated carbocycles. The molecule has 10 heteroatoms. The molecule has 2 amide bonds. The number of hydrogen-bond acceptors (Lipinski definition) is 8. The SMILES string of the molecule is CNC(=O)c1ncc(C(N)=O)cc1-c1cc2cc(-c3nncs3)ccc2nn1. The van der Waals surface area contributed by atoms with Crippen LogP contribution in [0.25, 0.3) is 32.7 Å². The van der Waals surface area contributed by atoms with Crippen LogP contribution in [-0.2, 0) is 0 Å². The largest absolute Gasteiger partial charge is 0.366 e. The molecule has 1 aromatic carbocycles. The molecule has 0 fully saturated rings. The molecule has 9 nitrogen and oxygen atoms in total. The van der Waals surface area contributed by atoms with Crippen molar-refractivity contribution in [3.05, 3.63) is 53.3 Å². The van der Waals surface area contributed by atoms with Gasteiger partial charge in [0.1, 0.15) is 16.2 Å². The van der Waals surface area contributed by atoms with Crippen LogP contribution < -0.4 is 11.1 Å². The van der Waals surface area contributed by atoms with Gasteiger partial charge in [0.05, 0.1) is 16.8 Å². The average molecular weight is 391 g/mol. The molecule has 0 atom stereocenters. The first-order valence-corrected chi connectivity index (χ1v) is 9.01. The second-order valence-electron chi connectivity index (χ2n) is 5.81. The Morgan fingerprint density at radius 3 is 2.68 bits per heavy atom. The third-order valence-electron chi connectivity index (χ3n) is 4.08. The minimum Gasteiger partial charge on any atom is -0.366 e. The number of nitrogens with zero attached hydrogens (tertiary/aromatic N) is 5. The number of aromatic nitrogens is 5. The zero-order valence-electron chi connectivity index (χ0n) is 14.6. The van der Waals surface area contributed by atoms with Crippen molar-refractivity contribution in [3.63, 3.8) is 0 Å². The topological polar surface area (TPSA) is 137 Å². The van der Waals surface area contributed by atoms with Crippen molar-refractivity contribution >= 4 is 34.1 Å². The lowest BCUT2D eigenvalue weighted by Crippen LogP contribution is -2.21. The number of nitrogens with two attached hydrogens (primary N) is 1. The molecule has 0 unspecified atom stereocenters. The molecule has 0 spiro atoms. The highest BCUT2D eigenvalue weighted by Crippen LogP contribution is 2.28. The standard InChI is InChI=1S/C18H13N7O2S/c1-20-17(27)15-12(5-11(7-21-15)16(19)26)14-6-10-4-9(18-25-22-8-28-18)2-3-13(10)23-24-14/h2-8H,1H3,(H2,19,26)(H,20,27). The molecule has 28 heavy (non-hydrogen) atoms. The number of amides is 2. The molecular formula is C18H13N7O2S. The van der Waals surface area contributed by atoms with E-state index < -0.39 is 11.8 Å². The van der Waals surface area contributed by atoms with Crippen LogP contribution in [0.3, 0.4) is 0 Å². The summed E-state index contributed by atoms with van der Waals surface area (Å²) in [5.74, 6) is -1.06. The van der Waals surface area contributed by atoms with E-state index in [0.717, 1.165) is 16.0 Å². The molecule has 0 radical (unpaired) electrons. The van der Waals surface area contributed by atoms with Gasteiger partial charge in [-0.1, -0.05) is 11.3 Å². The fraction of sp³-hybridized carbons (Fsp3) is 0.0556. The molecule has 0 aliphatic rings. The van der Waals surface area contributed by atoms with Crippen molar-refractivity contribution in [1.82, 2.24) is 30.7 Å². The molecule has 0 bridgehead atoms. The summed E-state index contributed by atoms with van der Waals surface area (Å²) >= 11 is 1.43. The normalized spacial score (nSPS) is 10.8. The lowest BCUT2D eigenvalue weighted by molar-refractivity contribution is 0.0955. The Morgan fingerprint density at radius 1 is 1.11 bits per heavy atom. The number of fused-ring (bicyclic) bond motifs is 1. The number of carbonyl (C=O) groups is 2. The molecule has 4 rings (SSSR count). The predicted molar refractivity (Wildman–Crippen MR) is 104 cm³/mol. The number of primary amides is 1. The summed E-state index contributed by atoms with van der Waals surface area (Å²) < 4.78 is 0. The van der Waals surface area contributed by atoms with Gasteiger partial charge in [0, 0.05) is 29.8 Å². The second kappa shape index (κ2) is 7.08. The van der Waals surface area contributed by atoms with E-state index in [9.17, 15) is 9.59 Å². The van der Waals surface area contributed by atoms with Gasteiger partial charge in [-0.3, -0.25) is 9.59 Å². The van der Waals surface area contributed by atoms with E-state index in [1.807, 2.05) is 18.2 Å². The number of nitrogens with one attached hydrogen (secondary N) is 1. The Morgan fingerprint density at radius 2 is 1.96 bits per heavy atom. The summed E-state index contributed by atoms with van der Waals surface area (Å²) in [6.45, 7) is 0. The van der Waals surface area contributed by atoms with Crippen LogP contribution in [0.5, 0.6) is 0 Å². The van der Waals surface area contributed by atoms with Gasteiger partial charge in [0.25, 0.3) is 5.91 Å². The van der Waals surface area contributed by atoms with Gasteiger partial charge in [-0.2, -0.15) is 0 Å². The highest BCUT2D eigenvalue weighted by atomic mass is 32.1. The van der Waals surface area contributed by atoms with Gasteiger partial charge in [0.2, 0.25) is 5.91 Å². The van der Waals surface area contributed by atoms with Crippen LogP contribution in [0, 0.1) is 0 Å². The predicted octanol–water partition coefficient (Wildman–Crippen LogP) is 1.67. The Hall–Kier alpha value is -3.79. The van der Waals surface area contributed by atoms with Crippen LogP contribution >= 0.6 is 11.3 Å². The van der Waals surface area contributed by atoms with Gasteiger partial charge in [0.15, 0.2) is 0 Å². The third kappa shape index (κ3) is 3.16. The van der Waals surface area contributed by atoms with Gasteiger partial charge >= 0.3 is 0 Å². The maximum absolute atomic E-state index is 12.2. The molecule has 3 N–H and O–H groups in total. The quantitative estimate of drug-likeness (QED) is 0.540. The smallest absolute Gasteiger partial charge is 0.270 e. The lowest BCUT2D eigenvalue weighted by Gasteiger charge is -2.09. The fourth-order valence-electron chi connectivity index (χ4n) is 2.70. The first-order valence-electron chi connectivity index (χ1n) is 8.13. The van der Waals surface area contributed by atoms with E-state index >= 15 is 0 Å². The highest BCUT2D eigenvalue weighted by Gasteiger charge is 2.18. The first kappa shape index (κ1) is 17.6. The first-order chi connectivity index (χ1) is 13.6. The Balaban J connectivity index is 1.89. The number of hydrogen-bond donors (Lipinski definition) is 2. The van der Waals surface area contributed by atoms with E-state index in [2.05, 4.69) is 30.7 Å².